The lowest BCUT2D eigenvalue weighted by Gasteiger charge is -2.06. The molecule has 8 nitrogen and oxygen atoms in total. The minimum atomic E-state index is -0.550. The van der Waals surface area contributed by atoms with E-state index in [1.807, 2.05) is 25.1 Å². The molecule has 3 aromatic rings. The van der Waals surface area contributed by atoms with Crippen molar-refractivity contribution in [3.05, 3.63) is 51.5 Å². The van der Waals surface area contributed by atoms with Crippen LogP contribution in [-0.4, -0.2) is 33.2 Å². The van der Waals surface area contributed by atoms with Gasteiger partial charge in [-0.15, -0.1) is 0 Å². The number of halogens is 1. The molecule has 27 heavy (non-hydrogen) atoms. The van der Waals surface area contributed by atoms with Crippen molar-refractivity contribution in [2.24, 2.45) is 0 Å². The van der Waals surface area contributed by atoms with Crippen molar-refractivity contribution >= 4 is 51.7 Å². The number of hydrogen-bond acceptors (Lipinski definition) is 6. The van der Waals surface area contributed by atoms with Crippen LogP contribution in [0.25, 0.3) is 11.0 Å². The lowest BCUT2D eigenvalue weighted by atomic mass is 10.3. The van der Waals surface area contributed by atoms with Crippen LogP contribution in [0.4, 0.5) is 11.4 Å². The molecule has 0 saturated carbocycles. The Kier molecular flexibility index (Phi) is 5.82. The Hall–Kier alpha value is -2.78. The first kappa shape index (κ1) is 19.0. The predicted octanol–water partition coefficient (Wildman–Crippen LogP) is 4.25. The zero-order valence-electron chi connectivity index (χ0n) is 14.2. The number of H-pyrrole nitrogens is 1. The normalized spacial score (nSPS) is 10.7. The van der Waals surface area contributed by atoms with Crippen LogP contribution >= 0.6 is 23.4 Å². The van der Waals surface area contributed by atoms with Gasteiger partial charge in [-0.3, -0.25) is 14.9 Å². The maximum absolute atomic E-state index is 12.1. The number of imidazole rings is 1. The lowest BCUT2D eigenvalue weighted by molar-refractivity contribution is -0.384. The van der Waals surface area contributed by atoms with Gasteiger partial charge in [0.2, 0.25) is 5.91 Å². The molecule has 140 valence electrons. The number of aromatic amines is 1. The van der Waals surface area contributed by atoms with E-state index in [0.29, 0.717) is 17.5 Å². The first-order chi connectivity index (χ1) is 13.0. The number of nitro groups is 1. The van der Waals surface area contributed by atoms with Crippen LogP contribution in [0, 0.1) is 10.1 Å². The van der Waals surface area contributed by atoms with Gasteiger partial charge in [0.05, 0.1) is 39.0 Å². The number of nitrogens with zero attached hydrogens (tertiary/aromatic N) is 2. The first-order valence-electron chi connectivity index (χ1n) is 7.95. The van der Waals surface area contributed by atoms with Gasteiger partial charge in [0, 0.05) is 18.2 Å². The third-order valence-corrected chi connectivity index (χ3v) is 4.71. The Morgan fingerprint density at radius 1 is 1.37 bits per heavy atom. The molecule has 1 heterocycles. The Morgan fingerprint density at radius 2 is 2.19 bits per heavy atom. The number of nitrogens with one attached hydrogen (secondary N) is 2. The summed E-state index contributed by atoms with van der Waals surface area (Å²) in [6, 6.07) is 9.41. The van der Waals surface area contributed by atoms with Gasteiger partial charge in [0.15, 0.2) is 5.16 Å². The van der Waals surface area contributed by atoms with Crippen LogP contribution in [0.3, 0.4) is 0 Å². The number of carbonyl (C=O) groups is 1. The topological polar surface area (TPSA) is 110 Å². The fourth-order valence-electron chi connectivity index (χ4n) is 2.33. The quantitative estimate of drug-likeness (QED) is 0.344. The number of hydrogen-bond donors (Lipinski definition) is 2. The molecule has 0 fully saturated rings. The number of aromatic nitrogens is 2. The molecule has 2 aromatic carbocycles. The van der Waals surface area contributed by atoms with Gasteiger partial charge < -0.3 is 15.0 Å². The van der Waals surface area contributed by atoms with Crippen molar-refractivity contribution in [1.29, 1.82) is 0 Å². The largest absolute Gasteiger partial charge is 0.494 e. The number of thioether (sulfide) groups is 1. The van der Waals surface area contributed by atoms with Crippen LogP contribution in [0.2, 0.25) is 5.02 Å². The van der Waals surface area contributed by atoms with E-state index in [9.17, 15) is 14.9 Å². The second kappa shape index (κ2) is 8.28. The lowest BCUT2D eigenvalue weighted by Crippen LogP contribution is -2.14. The molecule has 3 rings (SSSR count). The number of amides is 1. The van der Waals surface area contributed by atoms with E-state index in [2.05, 4.69) is 15.3 Å². The van der Waals surface area contributed by atoms with Crippen molar-refractivity contribution in [1.82, 2.24) is 9.97 Å². The van der Waals surface area contributed by atoms with Gasteiger partial charge in [-0.05, 0) is 25.1 Å². The molecule has 0 spiro atoms. The molecule has 1 amide bonds. The van der Waals surface area contributed by atoms with Crippen LogP contribution in [0.5, 0.6) is 5.75 Å². The molecular formula is C17H15ClN4O4S. The smallest absolute Gasteiger partial charge is 0.271 e. The highest BCUT2D eigenvalue weighted by molar-refractivity contribution is 7.99. The molecule has 0 aliphatic carbocycles. The van der Waals surface area contributed by atoms with Crippen LogP contribution in [0.15, 0.2) is 41.6 Å². The van der Waals surface area contributed by atoms with Gasteiger partial charge in [0.25, 0.3) is 5.69 Å². The molecule has 10 heteroatoms. The Bertz CT molecular complexity index is 1010. The molecule has 0 radical (unpaired) electrons. The summed E-state index contributed by atoms with van der Waals surface area (Å²) in [5, 5.41) is 14.1. The predicted molar refractivity (Wildman–Crippen MR) is 105 cm³/mol. The molecule has 0 atom stereocenters. The Labute approximate surface area is 163 Å². The number of benzene rings is 2. The first-order valence-corrected chi connectivity index (χ1v) is 9.31. The molecule has 0 bridgehead atoms. The number of ether oxygens (including phenoxy) is 1. The van der Waals surface area contributed by atoms with E-state index < -0.39 is 4.92 Å². The molecule has 0 saturated heterocycles. The standard InChI is InChI=1S/C17H15ClN4O4S/c1-2-26-11-4-6-14-15(8-11)21-17(20-14)27-9-16(23)19-13-5-3-10(22(24)25)7-12(13)18/h3-8H,2,9H2,1H3,(H,19,23)(H,20,21). The van der Waals surface area contributed by atoms with Gasteiger partial charge in [0.1, 0.15) is 5.75 Å². The van der Waals surface area contributed by atoms with Crippen LogP contribution < -0.4 is 10.1 Å². The van der Waals surface area contributed by atoms with E-state index >= 15 is 0 Å². The van der Waals surface area contributed by atoms with Crippen molar-refractivity contribution in [3.63, 3.8) is 0 Å². The van der Waals surface area contributed by atoms with E-state index in [4.69, 9.17) is 16.3 Å². The number of rotatable bonds is 7. The minimum absolute atomic E-state index is 0.103. The zero-order valence-corrected chi connectivity index (χ0v) is 15.8. The number of carbonyl (C=O) groups excluding carboxylic acids is 1. The number of anilines is 1. The van der Waals surface area contributed by atoms with Gasteiger partial charge in [-0.1, -0.05) is 23.4 Å². The molecular weight excluding hydrogens is 392 g/mol. The fraction of sp³-hybridized carbons (Fsp3) is 0.176. The summed E-state index contributed by atoms with van der Waals surface area (Å²) in [5.41, 5.74) is 1.78. The molecule has 2 N–H and O–H groups in total. The summed E-state index contributed by atoms with van der Waals surface area (Å²) in [4.78, 5) is 29.8. The van der Waals surface area contributed by atoms with Gasteiger partial charge in [-0.25, -0.2) is 4.98 Å². The Balaban J connectivity index is 1.62. The fourth-order valence-corrected chi connectivity index (χ4v) is 3.24. The highest BCUT2D eigenvalue weighted by atomic mass is 35.5. The summed E-state index contributed by atoms with van der Waals surface area (Å²) < 4.78 is 5.45. The van der Waals surface area contributed by atoms with E-state index in [0.717, 1.165) is 16.8 Å². The van der Waals surface area contributed by atoms with Crippen molar-refractivity contribution in [2.45, 2.75) is 12.1 Å². The van der Waals surface area contributed by atoms with Crippen LogP contribution in [0.1, 0.15) is 6.92 Å². The van der Waals surface area contributed by atoms with E-state index in [-0.39, 0.29) is 22.4 Å². The molecule has 0 aliphatic rings. The third-order valence-electron chi connectivity index (χ3n) is 3.52. The molecule has 0 aliphatic heterocycles. The second-order valence-corrected chi connectivity index (χ2v) is 6.78. The highest BCUT2D eigenvalue weighted by Crippen LogP contribution is 2.27. The maximum Gasteiger partial charge on any atom is 0.271 e. The average Bonchev–Trinajstić information content (AvgIpc) is 3.04. The number of fused-ring (bicyclic) bond motifs is 1. The molecule has 1 aromatic heterocycles. The van der Waals surface area contributed by atoms with E-state index in [1.54, 1.807) is 0 Å². The number of non-ortho nitro benzene ring substituents is 1. The summed E-state index contributed by atoms with van der Waals surface area (Å²) >= 11 is 7.21. The van der Waals surface area contributed by atoms with Gasteiger partial charge >= 0.3 is 0 Å². The Morgan fingerprint density at radius 3 is 2.89 bits per heavy atom. The summed E-state index contributed by atoms with van der Waals surface area (Å²) in [5.74, 6) is 0.549. The summed E-state index contributed by atoms with van der Waals surface area (Å²) in [6.45, 7) is 2.49. The van der Waals surface area contributed by atoms with Crippen LogP contribution in [-0.2, 0) is 4.79 Å². The SMILES string of the molecule is CCOc1ccc2nc(SCC(=O)Nc3ccc([N+](=O)[O-])cc3Cl)[nH]c2c1. The summed E-state index contributed by atoms with van der Waals surface area (Å²) in [7, 11) is 0. The minimum Gasteiger partial charge on any atom is -0.494 e. The van der Waals surface area contributed by atoms with Gasteiger partial charge in [-0.2, -0.15) is 0 Å². The highest BCUT2D eigenvalue weighted by Gasteiger charge is 2.13. The third kappa shape index (κ3) is 4.69. The second-order valence-electron chi connectivity index (χ2n) is 5.41. The van der Waals surface area contributed by atoms with E-state index in [1.165, 1.54) is 30.0 Å². The monoisotopic (exact) mass is 406 g/mol. The zero-order chi connectivity index (χ0) is 19.4. The molecule has 0 unspecified atom stereocenters. The number of nitro benzene ring substituents is 1. The average molecular weight is 407 g/mol. The van der Waals surface area contributed by atoms with Crippen molar-refractivity contribution in [2.75, 3.05) is 17.7 Å². The van der Waals surface area contributed by atoms with Crippen molar-refractivity contribution in [3.8, 4) is 5.75 Å². The summed E-state index contributed by atoms with van der Waals surface area (Å²) in [6.07, 6.45) is 0. The maximum atomic E-state index is 12.1. The van der Waals surface area contributed by atoms with Crippen molar-refractivity contribution < 1.29 is 14.5 Å².